The standard InChI is InChI=1S/C15H24N2O/c1-3-13-10-16-8-7-15(13,11-18)17-14-6-4-5-12(2)9-14/h4-6,9,13,16-18H,3,7-8,10-11H2,1-2H3. The lowest BCUT2D eigenvalue weighted by atomic mass is 9.77. The second-order valence-corrected chi connectivity index (χ2v) is 5.37. The molecule has 1 aromatic rings. The van der Waals surface area contributed by atoms with Crippen LogP contribution in [0.2, 0.25) is 0 Å². The fraction of sp³-hybridized carbons (Fsp3) is 0.600. The normalized spacial score (nSPS) is 28.1. The molecule has 0 radical (unpaired) electrons. The molecule has 1 aromatic carbocycles. The van der Waals surface area contributed by atoms with Gasteiger partial charge in [0, 0.05) is 12.2 Å². The van der Waals surface area contributed by atoms with E-state index in [1.54, 1.807) is 0 Å². The first kappa shape index (κ1) is 13.4. The van der Waals surface area contributed by atoms with Gasteiger partial charge in [0.15, 0.2) is 0 Å². The third-order valence-corrected chi connectivity index (χ3v) is 4.11. The Labute approximate surface area is 110 Å². The van der Waals surface area contributed by atoms with E-state index in [-0.39, 0.29) is 12.1 Å². The molecule has 100 valence electrons. The number of aliphatic hydroxyl groups excluding tert-OH is 1. The van der Waals surface area contributed by atoms with Crippen molar-refractivity contribution in [2.24, 2.45) is 5.92 Å². The van der Waals surface area contributed by atoms with Gasteiger partial charge in [-0.25, -0.2) is 0 Å². The minimum atomic E-state index is -0.173. The molecule has 18 heavy (non-hydrogen) atoms. The molecule has 0 aliphatic carbocycles. The molecular weight excluding hydrogens is 224 g/mol. The lowest BCUT2D eigenvalue weighted by Gasteiger charge is -2.44. The van der Waals surface area contributed by atoms with E-state index in [2.05, 4.69) is 48.7 Å². The molecule has 1 aliphatic heterocycles. The Bertz CT molecular complexity index is 394. The van der Waals surface area contributed by atoms with Crippen molar-refractivity contribution >= 4 is 5.69 Å². The predicted octanol–water partition coefficient (Wildman–Crippen LogP) is 2.16. The van der Waals surface area contributed by atoms with E-state index in [0.717, 1.165) is 31.6 Å². The summed E-state index contributed by atoms with van der Waals surface area (Å²) in [6.07, 6.45) is 2.04. The molecule has 2 unspecified atom stereocenters. The van der Waals surface area contributed by atoms with E-state index < -0.39 is 0 Å². The number of piperidine rings is 1. The maximum absolute atomic E-state index is 9.88. The zero-order chi connectivity index (χ0) is 13.0. The highest BCUT2D eigenvalue weighted by Crippen LogP contribution is 2.31. The van der Waals surface area contributed by atoms with Crippen molar-refractivity contribution in [3.05, 3.63) is 29.8 Å². The van der Waals surface area contributed by atoms with Gasteiger partial charge in [-0.2, -0.15) is 0 Å². The van der Waals surface area contributed by atoms with Gasteiger partial charge in [0.05, 0.1) is 12.1 Å². The minimum absolute atomic E-state index is 0.173. The van der Waals surface area contributed by atoms with Crippen LogP contribution in [-0.4, -0.2) is 30.3 Å². The maximum atomic E-state index is 9.88. The zero-order valence-electron chi connectivity index (χ0n) is 11.4. The molecule has 1 fully saturated rings. The lowest BCUT2D eigenvalue weighted by molar-refractivity contribution is 0.124. The summed E-state index contributed by atoms with van der Waals surface area (Å²) in [6, 6.07) is 8.38. The van der Waals surface area contributed by atoms with Crippen LogP contribution < -0.4 is 10.6 Å². The first-order valence-corrected chi connectivity index (χ1v) is 6.86. The van der Waals surface area contributed by atoms with Crippen LogP contribution in [0, 0.1) is 12.8 Å². The van der Waals surface area contributed by atoms with Crippen molar-refractivity contribution in [2.75, 3.05) is 25.0 Å². The summed E-state index contributed by atoms with van der Waals surface area (Å²) >= 11 is 0. The monoisotopic (exact) mass is 248 g/mol. The topological polar surface area (TPSA) is 44.3 Å². The van der Waals surface area contributed by atoms with Crippen molar-refractivity contribution < 1.29 is 5.11 Å². The van der Waals surface area contributed by atoms with Crippen LogP contribution >= 0.6 is 0 Å². The van der Waals surface area contributed by atoms with Gasteiger partial charge in [0.25, 0.3) is 0 Å². The van der Waals surface area contributed by atoms with Crippen LogP contribution in [0.3, 0.4) is 0 Å². The molecule has 0 bridgehead atoms. The van der Waals surface area contributed by atoms with E-state index >= 15 is 0 Å². The predicted molar refractivity (Wildman–Crippen MR) is 75.9 cm³/mol. The molecule has 0 amide bonds. The van der Waals surface area contributed by atoms with Crippen molar-refractivity contribution in [3.63, 3.8) is 0 Å². The number of hydrogen-bond donors (Lipinski definition) is 3. The maximum Gasteiger partial charge on any atom is 0.0665 e. The van der Waals surface area contributed by atoms with Crippen LogP contribution in [0.15, 0.2) is 24.3 Å². The first-order chi connectivity index (χ1) is 8.70. The summed E-state index contributed by atoms with van der Waals surface area (Å²) in [7, 11) is 0. The molecule has 0 spiro atoms. The molecule has 1 aliphatic rings. The van der Waals surface area contributed by atoms with E-state index in [9.17, 15) is 5.11 Å². The number of rotatable bonds is 4. The second kappa shape index (κ2) is 5.72. The molecule has 2 rings (SSSR count). The van der Waals surface area contributed by atoms with E-state index in [1.165, 1.54) is 5.56 Å². The van der Waals surface area contributed by atoms with E-state index in [4.69, 9.17) is 0 Å². The van der Waals surface area contributed by atoms with Crippen LogP contribution in [0.25, 0.3) is 0 Å². The van der Waals surface area contributed by atoms with E-state index in [0.29, 0.717) is 5.92 Å². The van der Waals surface area contributed by atoms with Gasteiger partial charge >= 0.3 is 0 Å². The van der Waals surface area contributed by atoms with Crippen LogP contribution in [-0.2, 0) is 0 Å². The molecule has 1 saturated heterocycles. The number of aliphatic hydroxyl groups is 1. The Morgan fingerprint density at radius 2 is 2.33 bits per heavy atom. The smallest absolute Gasteiger partial charge is 0.0665 e. The van der Waals surface area contributed by atoms with Crippen LogP contribution in [0.5, 0.6) is 0 Å². The average molecular weight is 248 g/mol. The molecule has 3 heteroatoms. The number of hydrogen-bond acceptors (Lipinski definition) is 3. The summed E-state index contributed by atoms with van der Waals surface area (Å²) in [5.74, 6) is 0.469. The van der Waals surface area contributed by atoms with Gasteiger partial charge in [0.2, 0.25) is 0 Å². The Balaban J connectivity index is 2.21. The van der Waals surface area contributed by atoms with Crippen LogP contribution in [0.4, 0.5) is 5.69 Å². The average Bonchev–Trinajstić information content (AvgIpc) is 2.39. The minimum Gasteiger partial charge on any atom is -0.394 e. The highest BCUT2D eigenvalue weighted by molar-refractivity contribution is 5.48. The molecule has 1 heterocycles. The lowest BCUT2D eigenvalue weighted by Crippen LogP contribution is -2.57. The van der Waals surface area contributed by atoms with Crippen molar-refractivity contribution in [3.8, 4) is 0 Å². The number of nitrogens with one attached hydrogen (secondary N) is 2. The Morgan fingerprint density at radius 3 is 3.00 bits per heavy atom. The third kappa shape index (κ3) is 2.68. The van der Waals surface area contributed by atoms with Gasteiger partial charge < -0.3 is 15.7 Å². The summed E-state index contributed by atoms with van der Waals surface area (Å²) in [6.45, 7) is 6.43. The Hall–Kier alpha value is -1.06. The SMILES string of the molecule is CCC1CNCCC1(CO)Nc1cccc(C)c1. The number of aryl methyl sites for hydroxylation is 1. The van der Waals surface area contributed by atoms with Gasteiger partial charge in [0.1, 0.15) is 0 Å². The molecule has 3 nitrogen and oxygen atoms in total. The summed E-state index contributed by atoms with van der Waals surface area (Å²) in [4.78, 5) is 0. The van der Waals surface area contributed by atoms with Crippen molar-refractivity contribution in [1.29, 1.82) is 0 Å². The Morgan fingerprint density at radius 1 is 1.50 bits per heavy atom. The third-order valence-electron chi connectivity index (χ3n) is 4.11. The van der Waals surface area contributed by atoms with Crippen molar-refractivity contribution in [2.45, 2.75) is 32.2 Å². The largest absolute Gasteiger partial charge is 0.394 e. The Kier molecular flexibility index (Phi) is 4.25. The van der Waals surface area contributed by atoms with E-state index in [1.807, 2.05) is 0 Å². The molecule has 0 aromatic heterocycles. The summed E-state index contributed by atoms with van der Waals surface area (Å²) in [5.41, 5.74) is 2.19. The van der Waals surface area contributed by atoms with Crippen LogP contribution in [0.1, 0.15) is 25.3 Å². The first-order valence-electron chi connectivity index (χ1n) is 6.86. The fourth-order valence-electron chi connectivity index (χ4n) is 2.94. The zero-order valence-corrected chi connectivity index (χ0v) is 11.4. The number of benzene rings is 1. The highest BCUT2D eigenvalue weighted by Gasteiger charge is 2.39. The molecule has 0 saturated carbocycles. The van der Waals surface area contributed by atoms with Gasteiger partial charge in [-0.15, -0.1) is 0 Å². The summed E-state index contributed by atoms with van der Waals surface area (Å²) in [5, 5.41) is 16.9. The molecule has 2 atom stereocenters. The van der Waals surface area contributed by atoms with Crippen molar-refractivity contribution in [1.82, 2.24) is 5.32 Å². The highest BCUT2D eigenvalue weighted by atomic mass is 16.3. The van der Waals surface area contributed by atoms with Gasteiger partial charge in [-0.3, -0.25) is 0 Å². The quantitative estimate of drug-likeness (QED) is 0.765. The molecule has 3 N–H and O–H groups in total. The fourth-order valence-corrected chi connectivity index (χ4v) is 2.94. The second-order valence-electron chi connectivity index (χ2n) is 5.37. The number of anilines is 1. The summed E-state index contributed by atoms with van der Waals surface area (Å²) < 4.78 is 0. The van der Waals surface area contributed by atoms with Gasteiger partial charge in [-0.05, 0) is 49.9 Å². The molecular formula is C15H24N2O. The van der Waals surface area contributed by atoms with Gasteiger partial charge in [-0.1, -0.05) is 19.1 Å².